The van der Waals surface area contributed by atoms with E-state index < -0.39 is 0 Å². The summed E-state index contributed by atoms with van der Waals surface area (Å²) in [6.07, 6.45) is 0. The summed E-state index contributed by atoms with van der Waals surface area (Å²) < 4.78 is 5.58. The van der Waals surface area contributed by atoms with E-state index in [0.717, 1.165) is 0 Å². The summed E-state index contributed by atoms with van der Waals surface area (Å²) in [6.45, 7) is 1.42. The van der Waals surface area contributed by atoms with Crippen LogP contribution in [0.15, 0.2) is 42.5 Å². The second kappa shape index (κ2) is 5.65. The van der Waals surface area contributed by atoms with Gasteiger partial charge in [-0.1, -0.05) is 18.2 Å². The zero-order chi connectivity index (χ0) is 13.7. The van der Waals surface area contributed by atoms with Crippen molar-refractivity contribution >= 4 is 11.6 Å². The van der Waals surface area contributed by atoms with Crippen molar-refractivity contribution in [3.8, 4) is 17.7 Å². The maximum absolute atomic E-state index is 11.1. The molecule has 0 aliphatic carbocycles. The number of hydrogen-bond acceptors (Lipinski definition) is 4. The second-order valence-electron chi connectivity index (χ2n) is 3.75. The van der Waals surface area contributed by atoms with Crippen LogP contribution >= 0.6 is 0 Å². The molecule has 0 saturated heterocycles. The number of amides is 1. The summed E-state index contributed by atoms with van der Waals surface area (Å²) in [4.78, 5) is 15.1. The Morgan fingerprint density at radius 3 is 2.79 bits per heavy atom. The number of para-hydroxylation sites is 2. The molecule has 5 nitrogen and oxygen atoms in total. The molecule has 0 fully saturated rings. The van der Waals surface area contributed by atoms with E-state index in [2.05, 4.69) is 10.3 Å². The van der Waals surface area contributed by atoms with E-state index in [9.17, 15) is 4.79 Å². The van der Waals surface area contributed by atoms with Gasteiger partial charge in [-0.15, -0.1) is 0 Å². The lowest BCUT2D eigenvalue weighted by atomic mass is 10.3. The summed E-state index contributed by atoms with van der Waals surface area (Å²) in [5, 5.41) is 11.4. The van der Waals surface area contributed by atoms with Gasteiger partial charge in [0.25, 0.3) is 0 Å². The Bertz CT molecular complexity index is 647. The fourth-order valence-corrected chi connectivity index (χ4v) is 1.50. The van der Waals surface area contributed by atoms with E-state index in [-0.39, 0.29) is 11.6 Å². The van der Waals surface area contributed by atoms with Crippen molar-refractivity contribution in [1.29, 1.82) is 5.26 Å². The molecule has 1 amide bonds. The maximum Gasteiger partial charge on any atom is 0.221 e. The Balaban J connectivity index is 2.27. The minimum Gasteiger partial charge on any atom is -0.437 e. The third kappa shape index (κ3) is 3.30. The van der Waals surface area contributed by atoms with Crippen molar-refractivity contribution < 1.29 is 9.53 Å². The number of hydrogen-bond donors (Lipinski definition) is 1. The lowest BCUT2D eigenvalue weighted by Crippen LogP contribution is -2.06. The number of pyridine rings is 1. The van der Waals surface area contributed by atoms with Gasteiger partial charge in [-0.3, -0.25) is 4.79 Å². The van der Waals surface area contributed by atoms with E-state index in [0.29, 0.717) is 17.3 Å². The predicted octanol–water partition coefficient (Wildman–Crippen LogP) is 2.70. The third-order valence-electron chi connectivity index (χ3n) is 2.25. The number of ether oxygens (including phenoxy) is 1. The van der Waals surface area contributed by atoms with Crippen LogP contribution in [0.4, 0.5) is 5.69 Å². The molecule has 0 saturated carbocycles. The monoisotopic (exact) mass is 253 g/mol. The van der Waals surface area contributed by atoms with E-state index in [4.69, 9.17) is 10.00 Å². The first kappa shape index (κ1) is 12.6. The van der Waals surface area contributed by atoms with E-state index in [1.165, 1.54) is 6.92 Å². The van der Waals surface area contributed by atoms with Crippen molar-refractivity contribution in [2.45, 2.75) is 6.92 Å². The topological polar surface area (TPSA) is 75.0 Å². The minimum atomic E-state index is -0.185. The Morgan fingerprint density at radius 1 is 1.26 bits per heavy atom. The lowest BCUT2D eigenvalue weighted by Gasteiger charge is -2.10. The smallest absolute Gasteiger partial charge is 0.221 e. The molecule has 2 rings (SSSR count). The van der Waals surface area contributed by atoms with Crippen molar-refractivity contribution in [2.75, 3.05) is 5.32 Å². The van der Waals surface area contributed by atoms with Crippen molar-refractivity contribution in [1.82, 2.24) is 4.98 Å². The molecular weight excluding hydrogens is 242 g/mol. The van der Waals surface area contributed by atoms with Crippen molar-refractivity contribution in [2.24, 2.45) is 0 Å². The molecule has 5 heteroatoms. The quantitative estimate of drug-likeness (QED) is 0.912. The number of nitrogens with one attached hydrogen (secondary N) is 1. The highest BCUT2D eigenvalue weighted by Crippen LogP contribution is 2.28. The molecule has 0 aliphatic rings. The Kier molecular flexibility index (Phi) is 3.74. The normalized spacial score (nSPS) is 9.47. The number of aromatic nitrogens is 1. The number of benzene rings is 1. The lowest BCUT2D eigenvalue weighted by molar-refractivity contribution is -0.114. The molecular formula is C14H11N3O2. The van der Waals surface area contributed by atoms with Crippen LogP contribution in [0.5, 0.6) is 11.6 Å². The van der Waals surface area contributed by atoms with Gasteiger partial charge in [0.2, 0.25) is 11.8 Å². The van der Waals surface area contributed by atoms with Gasteiger partial charge in [0.1, 0.15) is 11.8 Å². The Labute approximate surface area is 110 Å². The zero-order valence-corrected chi connectivity index (χ0v) is 10.3. The average Bonchev–Trinajstić information content (AvgIpc) is 2.41. The van der Waals surface area contributed by atoms with Crippen LogP contribution in [0.2, 0.25) is 0 Å². The minimum absolute atomic E-state index is 0.185. The van der Waals surface area contributed by atoms with Gasteiger partial charge in [0.05, 0.1) is 5.69 Å². The largest absolute Gasteiger partial charge is 0.437 e. The van der Waals surface area contributed by atoms with Crippen LogP contribution in [0, 0.1) is 11.3 Å². The molecule has 0 atom stereocenters. The number of carbonyl (C=O) groups is 1. The van der Waals surface area contributed by atoms with Crippen LogP contribution < -0.4 is 10.1 Å². The van der Waals surface area contributed by atoms with E-state index in [1.807, 2.05) is 6.07 Å². The van der Waals surface area contributed by atoms with Gasteiger partial charge >= 0.3 is 0 Å². The Hall–Kier alpha value is -2.87. The molecule has 0 unspecified atom stereocenters. The summed E-state index contributed by atoms with van der Waals surface area (Å²) in [5.41, 5.74) is 0.827. The zero-order valence-electron chi connectivity index (χ0n) is 10.3. The van der Waals surface area contributed by atoms with Crippen molar-refractivity contribution in [3.63, 3.8) is 0 Å². The molecule has 1 aromatic heterocycles. The second-order valence-corrected chi connectivity index (χ2v) is 3.75. The summed E-state index contributed by atoms with van der Waals surface area (Å²) in [6, 6.07) is 13.9. The van der Waals surface area contributed by atoms with Gasteiger partial charge in [-0.2, -0.15) is 5.26 Å². The molecule has 0 bridgehead atoms. The fourth-order valence-electron chi connectivity index (χ4n) is 1.50. The maximum atomic E-state index is 11.1. The first-order valence-corrected chi connectivity index (χ1v) is 5.60. The first-order valence-electron chi connectivity index (χ1n) is 5.60. The molecule has 1 aromatic carbocycles. The highest BCUT2D eigenvalue weighted by molar-refractivity contribution is 5.90. The molecule has 1 N–H and O–H groups in total. The highest BCUT2D eigenvalue weighted by Gasteiger charge is 2.06. The molecule has 1 heterocycles. The molecule has 0 spiro atoms. The SMILES string of the molecule is CC(=O)Nc1ccccc1Oc1cccc(C#N)n1. The van der Waals surface area contributed by atoms with Crippen LogP contribution in [0.25, 0.3) is 0 Å². The predicted molar refractivity (Wildman–Crippen MR) is 69.8 cm³/mol. The number of carbonyl (C=O) groups excluding carboxylic acids is 1. The Morgan fingerprint density at radius 2 is 2.05 bits per heavy atom. The van der Waals surface area contributed by atoms with Crippen LogP contribution in [-0.2, 0) is 4.79 Å². The number of nitrogens with zero attached hydrogens (tertiary/aromatic N) is 2. The van der Waals surface area contributed by atoms with E-state index >= 15 is 0 Å². The van der Waals surface area contributed by atoms with Gasteiger partial charge in [-0.05, 0) is 18.2 Å². The van der Waals surface area contributed by atoms with Gasteiger partial charge in [-0.25, -0.2) is 4.98 Å². The van der Waals surface area contributed by atoms with Crippen LogP contribution in [-0.4, -0.2) is 10.9 Å². The standard InChI is InChI=1S/C14H11N3O2/c1-10(18)16-12-6-2-3-7-13(12)19-14-8-4-5-11(9-15)17-14/h2-8H,1H3,(H,16,18). The number of rotatable bonds is 3. The highest BCUT2D eigenvalue weighted by atomic mass is 16.5. The molecule has 2 aromatic rings. The fraction of sp³-hybridized carbons (Fsp3) is 0.0714. The molecule has 94 valence electrons. The molecule has 19 heavy (non-hydrogen) atoms. The average molecular weight is 253 g/mol. The molecule has 0 radical (unpaired) electrons. The number of nitriles is 1. The summed E-state index contributed by atoms with van der Waals surface area (Å²) in [5.74, 6) is 0.590. The van der Waals surface area contributed by atoms with Crippen LogP contribution in [0.1, 0.15) is 12.6 Å². The van der Waals surface area contributed by atoms with Gasteiger partial charge in [0, 0.05) is 13.0 Å². The van der Waals surface area contributed by atoms with Crippen LogP contribution in [0.3, 0.4) is 0 Å². The summed E-state index contributed by atoms with van der Waals surface area (Å²) >= 11 is 0. The van der Waals surface area contributed by atoms with Crippen molar-refractivity contribution in [3.05, 3.63) is 48.2 Å². The van der Waals surface area contributed by atoms with Gasteiger partial charge < -0.3 is 10.1 Å². The molecule has 0 aliphatic heterocycles. The number of anilines is 1. The summed E-state index contributed by atoms with van der Waals surface area (Å²) in [7, 11) is 0. The van der Waals surface area contributed by atoms with E-state index in [1.54, 1.807) is 42.5 Å². The third-order valence-corrected chi connectivity index (χ3v) is 2.25. The first-order chi connectivity index (χ1) is 9.19. The van der Waals surface area contributed by atoms with Gasteiger partial charge in [0.15, 0.2) is 5.75 Å².